The van der Waals surface area contributed by atoms with Crippen LogP contribution in [0.3, 0.4) is 0 Å². The van der Waals surface area contributed by atoms with E-state index in [4.69, 9.17) is 5.10 Å². The number of rotatable bonds is 7. The van der Waals surface area contributed by atoms with E-state index in [2.05, 4.69) is 28.0 Å². The van der Waals surface area contributed by atoms with Gasteiger partial charge < -0.3 is 9.72 Å². The first-order valence-electron chi connectivity index (χ1n) is 11.6. The van der Waals surface area contributed by atoms with E-state index in [9.17, 15) is 4.79 Å². The molecule has 1 aliphatic rings. The Kier molecular flexibility index (Phi) is 6.08. The topological polar surface area (TPSA) is 64.2 Å². The van der Waals surface area contributed by atoms with Gasteiger partial charge >= 0.3 is 0 Å². The van der Waals surface area contributed by atoms with E-state index >= 15 is 0 Å². The minimum absolute atomic E-state index is 0.0443. The largest absolute Gasteiger partial charge is 0.347 e. The monoisotopic (exact) mass is 447 g/mol. The number of carbonyl (C=O) groups excluding carboxylic acids is 1. The Labute approximate surface area is 192 Å². The van der Waals surface area contributed by atoms with E-state index in [0.29, 0.717) is 6.54 Å². The van der Waals surface area contributed by atoms with Gasteiger partial charge in [-0.15, -0.1) is 11.3 Å². The van der Waals surface area contributed by atoms with Crippen molar-refractivity contribution >= 4 is 22.9 Å². The molecule has 1 amide bonds. The molecule has 1 saturated carbocycles. The number of aromatic nitrogens is 4. The van der Waals surface area contributed by atoms with Gasteiger partial charge in [-0.2, -0.15) is 5.10 Å². The Hall–Kier alpha value is -2.93. The summed E-state index contributed by atoms with van der Waals surface area (Å²) in [4.78, 5) is 18.9. The van der Waals surface area contributed by atoms with Gasteiger partial charge in [-0.05, 0) is 55.0 Å². The lowest BCUT2D eigenvalue weighted by molar-refractivity contribution is 0.0955. The molecule has 0 aromatic carbocycles. The molecule has 1 fully saturated rings. The fourth-order valence-corrected chi connectivity index (χ4v) is 5.65. The summed E-state index contributed by atoms with van der Waals surface area (Å²) >= 11 is 1.54. The number of nitrogens with zero attached hydrogens (tertiary/aromatic N) is 4. The van der Waals surface area contributed by atoms with E-state index in [1.54, 1.807) is 17.5 Å². The van der Waals surface area contributed by atoms with Gasteiger partial charge in [0.25, 0.3) is 5.91 Å². The van der Waals surface area contributed by atoms with E-state index < -0.39 is 0 Å². The quantitative estimate of drug-likeness (QED) is 0.416. The molecule has 0 radical (unpaired) electrons. The van der Waals surface area contributed by atoms with Crippen molar-refractivity contribution in [1.82, 2.24) is 24.5 Å². The minimum atomic E-state index is -0.0443. The number of hydrogen-bond acceptors (Lipinski definition) is 4. The Balaban J connectivity index is 1.26. The molecule has 166 valence electrons. The third-order valence-corrected chi connectivity index (χ3v) is 7.57. The molecular weight excluding hydrogens is 418 g/mol. The summed E-state index contributed by atoms with van der Waals surface area (Å²) in [5.74, 6) is 0.699. The van der Waals surface area contributed by atoms with Crippen molar-refractivity contribution < 1.29 is 4.79 Å². The predicted octanol–water partition coefficient (Wildman–Crippen LogP) is 5.33. The van der Waals surface area contributed by atoms with Crippen LogP contribution in [-0.4, -0.2) is 25.1 Å². The summed E-state index contributed by atoms with van der Waals surface area (Å²) in [5, 5.41) is 7.76. The first-order valence-corrected chi connectivity index (χ1v) is 12.4. The molecule has 0 aliphatic heterocycles. The molecule has 0 spiro atoms. The SMILES string of the molecule is CCc1c(-c2ccc(C(=O)NCc3ccn4ccnc4c3)s2)cnn1CC1CCCCC1. The molecule has 1 aliphatic carbocycles. The van der Waals surface area contributed by atoms with E-state index in [1.165, 1.54) is 37.8 Å². The summed E-state index contributed by atoms with van der Waals surface area (Å²) in [6, 6.07) is 7.97. The molecule has 0 unspecified atom stereocenters. The molecule has 4 aromatic heterocycles. The third kappa shape index (κ3) is 4.35. The van der Waals surface area contributed by atoms with Crippen LogP contribution in [0.25, 0.3) is 16.1 Å². The predicted molar refractivity (Wildman–Crippen MR) is 128 cm³/mol. The van der Waals surface area contributed by atoms with Gasteiger partial charge in [0.15, 0.2) is 0 Å². The number of nitrogens with one attached hydrogen (secondary N) is 1. The molecule has 7 heteroatoms. The average molecular weight is 448 g/mol. The first kappa shape index (κ1) is 20.9. The Morgan fingerprint density at radius 2 is 2.06 bits per heavy atom. The van der Waals surface area contributed by atoms with Crippen LogP contribution in [0.1, 0.15) is 60.0 Å². The molecule has 5 rings (SSSR count). The lowest BCUT2D eigenvalue weighted by Gasteiger charge is -2.22. The highest BCUT2D eigenvalue weighted by Gasteiger charge is 2.19. The molecule has 6 nitrogen and oxygen atoms in total. The average Bonchev–Trinajstić information content (AvgIpc) is 3.57. The summed E-state index contributed by atoms with van der Waals surface area (Å²) in [6.45, 7) is 3.69. The van der Waals surface area contributed by atoms with E-state index in [-0.39, 0.29) is 5.91 Å². The summed E-state index contributed by atoms with van der Waals surface area (Å²) in [6.07, 6.45) is 15.3. The van der Waals surface area contributed by atoms with Crippen molar-refractivity contribution in [3.8, 4) is 10.4 Å². The molecule has 0 atom stereocenters. The number of imidazole rings is 1. The van der Waals surface area contributed by atoms with E-state index in [0.717, 1.165) is 45.4 Å². The van der Waals surface area contributed by atoms with Crippen LogP contribution in [0.5, 0.6) is 0 Å². The van der Waals surface area contributed by atoms with Crippen LogP contribution in [0.4, 0.5) is 0 Å². The molecule has 4 aromatic rings. The first-order chi connectivity index (χ1) is 15.7. The molecule has 0 bridgehead atoms. The number of pyridine rings is 1. The number of amides is 1. The highest BCUT2D eigenvalue weighted by molar-refractivity contribution is 7.17. The minimum Gasteiger partial charge on any atom is -0.347 e. The van der Waals surface area contributed by atoms with Crippen molar-refractivity contribution in [3.63, 3.8) is 0 Å². The fourth-order valence-electron chi connectivity index (χ4n) is 4.70. The van der Waals surface area contributed by atoms with Crippen LogP contribution in [0.2, 0.25) is 0 Å². The fraction of sp³-hybridized carbons (Fsp3) is 0.400. The second-order valence-corrected chi connectivity index (χ2v) is 9.70. The number of thiophene rings is 1. The maximum atomic E-state index is 12.8. The van der Waals surface area contributed by atoms with Gasteiger partial charge in [-0.3, -0.25) is 9.48 Å². The third-order valence-electron chi connectivity index (χ3n) is 6.45. The van der Waals surface area contributed by atoms with Crippen molar-refractivity contribution in [2.24, 2.45) is 5.92 Å². The van der Waals surface area contributed by atoms with Gasteiger partial charge in [0.05, 0.1) is 11.1 Å². The number of fused-ring (bicyclic) bond motifs is 1. The van der Waals surface area contributed by atoms with Crippen LogP contribution < -0.4 is 5.32 Å². The molecular formula is C25H29N5OS. The van der Waals surface area contributed by atoms with Crippen LogP contribution >= 0.6 is 11.3 Å². The summed E-state index contributed by atoms with van der Waals surface area (Å²) in [5.41, 5.74) is 4.35. The molecule has 1 N–H and O–H groups in total. The van der Waals surface area contributed by atoms with Crippen LogP contribution in [-0.2, 0) is 19.5 Å². The lowest BCUT2D eigenvalue weighted by atomic mass is 9.89. The zero-order valence-electron chi connectivity index (χ0n) is 18.5. The summed E-state index contributed by atoms with van der Waals surface area (Å²) < 4.78 is 4.16. The van der Waals surface area contributed by atoms with Crippen molar-refractivity contribution in [1.29, 1.82) is 0 Å². The van der Waals surface area contributed by atoms with Gasteiger partial charge in [0.1, 0.15) is 5.65 Å². The van der Waals surface area contributed by atoms with Crippen LogP contribution in [0.15, 0.2) is 49.1 Å². The standard InChI is InChI=1S/C25H29N5OS/c1-2-21-20(16-28-30(21)17-18-6-4-3-5-7-18)22-8-9-23(32-22)25(31)27-15-19-10-12-29-13-11-26-24(29)14-19/h8-14,16,18H,2-7,15,17H2,1H3,(H,27,31). The van der Waals surface area contributed by atoms with Crippen molar-refractivity contribution in [3.05, 3.63) is 65.2 Å². The zero-order chi connectivity index (χ0) is 21.9. The zero-order valence-corrected chi connectivity index (χ0v) is 19.3. The number of carbonyl (C=O) groups is 1. The number of hydrogen-bond donors (Lipinski definition) is 1. The molecule has 32 heavy (non-hydrogen) atoms. The molecule has 0 saturated heterocycles. The lowest BCUT2D eigenvalue weighted by Crippen LogP contribution is -2.21. The normalized spacial score (nSPS) is 14.8. The van der Waals surface area contributed by atoms with E-state index in [1.807, 2.05) is 41.2 Å². The Morgan fingerprint density at radius 1 is 1.19 bits per heavy atom. The summed E-state index contributed by atoms with van der Waals surface area (Å²) in [7, 11) is 0. The van der Waals surface area contributed by atoms with Crippen molar-refractivity contribution in [2.75, 3.05) is 0 Å². The second-order valence-electron chi connectivity index (χ2n) is 8.62. The second kappa shape index (κ2) is 9.28. The maximum Gasteiger partial charge on any atom is 0.261 e. The Bertz CT molecular complexity index is 1210. The highest BCUT2D eigenvalue weighted by atomic mass is 32.1. The maximum absolute atomic E-state index is 12.8. The van der Waals surface area contributed by atoms with Crippen molar-refractivity contribution in [2.45, 2.75) is 58.5 Å². The van der Waals surface area contributed by atoms with Gasteiger partial charge in [0, 0.05) is 47.8 Å². The Morgan fingerprint density at radius 3 is 2.91 bits per heavy atom. The smallest absolute Gasteiger partial charge is 0.261 e. The highest BCUT2D eigenvalue weighted by Crippen LogP contribution is 2.32. The van der Waals surface area contributed by atoms with Gasteiger partial charge in [-0.25, -0.2) is 4.98 Å². The molecule has 4 heterocycles. The van der Waals surface area contributed by atoms with Gasteiger partial charge in [-0.1, -0.05) is 26.2 Å². The van der Waals surface area contributed by atoms with Gasteiger partial charge in [0.2, 0.25) is 0 Å². The van der Waals surface area contributed by atoms with Crippen LogP contribution in [0, 0.1) is 5.92 Å².